The predicted molar refractivity (Wildman–Crippen MR) is 127 cm³/mol. The van der Waals surface area contributed by atoms with Crippen molar-refractivity contribution in [1.82, 2.24) is 9.71 Å². The smallest absolute Gasteiger partial charge is 0.338 e. The summed E-state index contributed by atoms with van der Waals surface area (Å²) in [6.07, 6.45) is 0. The van der Waals surface area contributed by atoms with Gasteiger partial charge in [-0.05, 0) is 49.2 Å². The minimum absolute atomic E-state index is 0.0135. The molecule has 0 bridgehead atoms. The van der Waals surface area contributed by atoms with Crippen molar-refractivity contribution in [1.29, 1.82) is 0 Å². The lowest BCUT2D eigenvalue weighted by Gasteiger charge is -2.21. The molecule has 1 N–H and O–H groups in total. The standard InChI is InChI=1S/C23H25N3O5S2/c1-5-24-33(29,30)20-10-7-9-18(12-20)22(28)31-13-19-14-32-23(25-19)26(17(4)27)21-11-6-8-15(2)16(21)3/h6-12,14,24H,5,13H2,1-4H3. The van der Waals surface area contributed by atoms with Crippen LogP contribution in [-0.4, -0.2) is 31.8 Å². The van der Waals surface area contributed by atoms with Crippen LogP contribution in [0.15, 0.2) is 52.7 Å². The van der Waals surface area contributed by atoms with Gasteiger partial charge in [0.05, 0.1) is 21.8 Å². The number of aryl methyl sites for hydroxylation is 1. The van der Waals surface area contributed by atoms with Crippen molar-refractivity contribution in [3.05, 3.63) is 70.2 Å². The molecule has 1 amide bonds. The molecule has 0 spiro atoms. The maximum atomic E-state index is 12.5. The number of carbonyl (C=O) groups excluding carboxylic acids is 2. The lowest BCUT2D eigenvalue weighted by molar-refractivity contribution is -0.115. The Morgan fingerprint density at radius 1 is 1.15 bits per heavy atom. The predicted octanol–water partition coefficient (Wildman–Crippen LogP) is 4.10. The van der Waals surface area contributed by atoms with Gasteiger partial charge in [-0.15, -0.1) is 11.3 Å². The Labute approximate surface area is 197 Å². The van der Waals surface area contributed by atoms with Crippen LogP contribution >= 0.6 is 11.3 Å². The molecule has 2 aromatic carbocycles. The number of thiazole rings is 1. The molecular formula is C23H25N3O5S2. The molecule has 174 valence electrons. The quantitative estimate of drug-likeness (QED) is 0.480. The monoisotopic (exact) mass is 487 g/mol. The second kappa shape index (κ2) is 10.2. The molecule has 0 aliphatic carbocycles. The van der Waals surface area contributed by atoms with Crippen LogP contribution in [-0.2, 0) is 26.2 Å². The number of nitrogens with one attached hydrogen (secondary N) is 1. The number of anilines is 2. The van der Waals surface area contributed by atoms with E-state index in [1.807, 2.05) is 32.0 Å². The van der Waals surface area contributed by atoms with Gasteiger partial charge < -0.3 is 4.74 Å². The second-order valence-corrected chi connectivity index (χ2v) is 9.90. The first-order chi connectivity index (χ1) is 15.6. The number of amides is 1. The topological polar surface area (TPSA) is 106 Å². The van der Waals surface area contributed by atoms with Gasteiger partial charge in [-0.1, -0.05) is 25.1 Å². The van der Waals surface area contributed by atoms with Crippen LogP contribution in [0.1, 0.15) is 41.0 Å². The zero-order valence-corrected chi connectivity index (χ0v) is 20.4. The zero-order valence-electron chi connectivity index (χ0n) is 18.8. The maximum absolute atomic E-state index is 12.5. The lowest BCUT2D eigenvalue weighted by Crippen LogP contribution is -2.23. The van der Waals surface area contributed by atoms with Gasteiger partial charge in [0.1, 0.15) is 6.61 Å². The normalized spacial score (nSPS) is 11.3. The number of hydrogen-bond acceptors (Lipinski definition) is 7. The van der Waals surface area contributed by atoms with Crippen molar-refractivity contribution in [3.63, 3.8) is 0 Å². The molecule has 3 rings (SSSR count). The molecule has 1 aromatic heterocycles. The molecule has 0 atom stereocenters. The highest BCUT2D eigenvalue weighted by Gasteiger charge is 2.21. The fourth-order valence-electron chi connectivity index (χ4n) is 3.14. The van der Waals surface area contributed by atoms with Crippen molar-refractivity contribution in [2.24, 2.45) is 0 Å². The third-order valence-electron chi connectivity index (χ3n) is 4.93. The number of carbonyl (C=O) groups is 2. The van der Waals surface area contributed by atoms with Gasteiger partial charge in [-0.2, -0.15) is 0 Å². The van der Waals surface area contributed by atoms with Crippen molar-refractivity contribution in [3.8, 4) is 0 Å². The lowest BCUT2D eigenvalue weighted by atomic mass is 10.1. The average molecular weight is 488 g/mol. The minimum Gasteiger partial charge on any atom is -0.456 e. The van der Waals surface area contributed by atoms with Crippen LogP contribution in [0.25, 0.3) is 0 Å². The summed E-state index contributed by atoms with van der Waals surface area (Å²) < 4.78 is 32.0. The Bertz CT molecular complexity index is 1280. The van der Waals surface area contributed by atoms with Gasteiger partial charge in [0, 0.05) is 18.8 Å². The Balaban J connectivity index is 1.75. The number of aromatic nitrogens is 1. The van der Waals surface area contributed by atoms with E-state index in [4.69, 9.17) is 4.74 Å². The van der Waals surface area contributed by atoms with E-state index in [-0.39, 0.29) is 29.5 Å². The van der Waals surface area contributed by atoms with Crippen LogP contribution in [0.5, 0.6) is 0 Å². The number of esters is 1. The van der Waals surface area contributed by atoms with Gasteiger partial charge in [0.2, 0.25) is 15.9 Å². The van der Waals surface area contributed by atoms with Crippen LogP contribution in [0, 0.1) is 13.8 Å². The first-order valence-electron chi connectivity index (χ1n) is 10.2. The van der Waals surface area contributed by atoms with Crippen LogP contribution < -0.4 is 9.62 Å². The summed E-state index contributed by atoms with van der Waals surface area (Å²) in [6, 6.07) is 11.4. The number of benzene rings is 2. The van der Waals surface area contributed by atoms with E-state index in [9.17, 15) is 18.0 Å². The van der Waals surface area contributed by atoms with Crippen molar-refractivity contribution >= 4 is 44.1 Å². The average Bonchev–Trinajstić information content (AvgIpc) is 3.23. The number of sulfonamides is 1. The van der Waals surface area contributed by atoms with Crippen LogP contribution in [0.3, 0.4) is 0 Å². The Morgan fingerprint density at radius 3 is 2.58 bits per heavy atom. The molecule has 33 heavy (non-hydrogen) atoms. The fourth-order valence-corrected chi connectivity index (χ4v) is 5.09. The molecule has 0 aliphatic rings. The highest BCUT2D eigenvalue weighted by atomic mass is 32.2. The molecule has 10 heteroatoms. The highest BCUT2D eigenvalue weighted by Crippen LogP contribution is 2.32. The third-order valence-corrected chi connectivity index (χ3v) is 7.35. The Kier molecular flexibility index (Phi) is 7.62. The van der Waals surface area contributed by atoms with E-state index < -0.39 is 16.0 Å². The molecule has 3 aromatic rings. The van der Waals surface area contributed by atoms with Gasteiger partial charge >= 0.3 is 5.97 Å². The van der Waals surface area contributed by atoms with Crippen LogP contribution in [0.4, 0.5) is 10.8 Å². The first kappa shape index (κ1) is 24.6. The van der Waals surface area contributed by atoms with E-state index in [2.05, 4.69) is 9.71 Å². The molecule has 0 fully saturated rings. The van der Waals surface area contributed by atoms with E-state index in [1.54, 1.807) is 12.3 Å². The molecule has 0 aliphatic heterocycles. The van der Waals surface area contributed by atoms with E-state index in [0.29, 0.717) is 10.8 Å². The fraction of sp³-hybridized carbons (Fsp3) is 0.261. The second-order valence-electron chi connectivity index (χ2n) is 7.30. The number of rotatable bonds is 8. The largest absolute Gasteiger partial charge is 0.456 e. The number of nitrogens with zero attached hydrogens (tertiary/aromatic N) is 2. The summed E-state index contributed by atoms with van der Waals surface area (Å²) in [5.74, 6) is -0.851. The SMILES string of the molecule is CCNS(=O)(=O)c1cccc(C(=O)OCc2csc(N(C(C)=O)c3cccc(C)c3C)n2)c1. The van der Waals surface area contributed by atoms with Crippen LogP contribution in [0.2, 0.25) is 0 Å². The summed E-state index contributed by atoms with van der Waals surface area (Å²) in [4.78, 5) is 30.9. The van der Waals surface area contributed by atoms with Crippen molar-refractivity contribution in [2.75, 3.05) is 11.4 Å². The van der Waals surface area contributed by atoms with E-state index in [1.165, 1.54) is 47.4 Å². The van der Waals surface area contributed by atoms with Gasteiger partial charge in [0.25, 0.3) is 0 Å². The van der Waals surface area contributed by atoms with E-state index in [0.717, 1.165) is 16.8 Å². The summed E-state index contributed by atoms with van der Waals surface area (Å²) >= 11 is 1.27. The Hall–Kier alpha value is -3.08. The number of hydrogen-bond donors (Lipinski definition) is 1. The van der Waals surface area contributed by atoms with Crippen molar-refractivity contribution in [2.45, 2.75) is 39.2 Å². The van der Waals surface area contributed by atoms with Gasteiger partial charge in [-0.3, -0.25) is 9.69 Å². The minimum atomic E-state index is -3.69. The first-order valence-corrected chi connectivity index (χ1v) is 12.6. The molecule has 0 radical (unpaired) electrons. The maximum Gasteiger partial charge on any atom is 0.338 e. The molecular weight excluding hydrogens is 462 g/mol. The molecule has 8 nitrogen and oxygen atoms in total. The van der Waals surface area contributed by atoms with Gasteiger partial charge in [-0.25, -0.2) is 22.9 Å². The number of ether oxygens (including phenoxy) is 1. The molecule has 0 saturated carbocycles. The van der Waals surface area contributed by atoms with E-state index >= 15 is 0 Å². The molecule has 0 saturated heterocycles. The summed E-state index contributed by atoms with van der Waals surface area (Å²) in [5, 5.41) is 2.19. The highest BCUT2D eigenvalue weighted by molar-refractivity contribution is 7.89. The molecule has 0 unspecified atom stereocenters. The summed E-state index contributed by atoms with van der Waals surface area (Å²) in [5.41, 5.74) is 3.38. The summed E-state index contributed by atoms with van der Waals surface area (Å²) in [7, 11) is -3.69. The molecule has 1 heterocycles. The third kappa shape index (κ3) is 5.65. The zero-order chi connectivity index (χ0) is 24.2. The summed E-state index contributed by atoms with van der Waals surface area (Å²) in [6.45, 7) is 7.19. The van der Waals surface area contributed by atoms with Crippen molar-refractivity contribution < 1.29 is 22.7 Å². The Morgan fingerprint density at radius 2 is 1.88 bits per heavy atom. The van der Waals surface area contributed by atoms with Gasteiger partial charge in [0.15, 0.2) is 5.13 Å².